The van der Waals surface area contributed by atoms with Gasteiger partial charge in [-0.25, -0.2) is 0 Å². The summed E-state index contributed by atoms with van der Waals surface area (Å²) in [6.07, 6.45) is 7.76. The lowest BCUT2D eigenvalue weighted by Crippen LogP contribution is -2.28. The van der Waals surface area contributed by atoms with E-state index in [4.69, 9.17) is 0 Å². The van der Waals surface area contributed by atoms with Crippen molar-refractivity contribution in [1.29, 1.82) is 0 Å². The van der Waals surface area contributed by atoms with Gasteiger partial charge in [-0.3, -0.25) is 4.79 Å². The second kappa shape index (κ2) is 3.73. The van der Waals surface area contributed by atoms with Gasteiger partial charge in [0.05, 0.1) is 4.83 Å². The molecule has 0 aromatic carbocycles. The van der Waals surface area contributed by atoms with Crippen molar-refractivity contribution in [2.75, 3.05) is 6.54 Å². The van der Waals surface area contributed by atoms with Crippen LogP contribution in [0.3, 0.4) is 0 Å². The largest absolute Gasteiger partial charge is 0.315 e. The van der Waals surface area contributed by atoms with Crippen LogP contribution in [0.1, 0.15) is 26.2 Å². The van der Waals surface area contributed by atoms with Crippen LogP contribution in [-0.4, -0.2) is 22.2 Å². The maximum atomic E-state index is 11.9. The topological polar surface area (TPSA) is 20.3 Å². The molecule has 3 heteroatoms. The number of carbonyl (C=O) groups excluding carboxylic acids is 1. The Morgan fingerprint density at radius 3 is 2.88 bits per heavy atom. The summed E-state index contributed by atoms with van der Waals surface area (Å²) in [4.78, 5) is 14.0. The zero-order chi connectivity index (χ0) is 11.3. The van der Waals surface area contributed by atoms with Gasteiger partial charge < -0.3 is 4.90 Å². The van der Waals surface area contributed by atoms with Gasteiger partial charge in [0.15, 0.2) is 0 Å². The van der Waals surface area contributed by atoms with Crippen LogP contribution >= 0.6 is 15.9 Å². The van der Waals surface area contributed by atoms with Crippen molar-refractivity contribution < 1.29 is 4.79 Å². The Bertz CT molecular complexity index is 399. The van der Waals surface area contributed by atoms with Crippen molar-refractivity contribution in [2.24, 2.45) is 11.8 Å². The third kappa shape index (κ3) is 1.48. The van der Waals surface area contributed by atoms with Gasteiger partial charge in [0.2, 0.25) is 5.91 Å². The van der Waals surface area contributed by atoms with Gasteiger partial charge in [0, 0.05) is 18.2 Å². The molecule has 0 spiro atoms. The second-order valence-electron chi connectivity index (χ2n) is 4.88. The van der Waals surface area contributed by atoms with Crippen LogP contribution in [-0.2, 0) is 4.79 Å². The first-order valence-electron chi connectivity index (χ1n) is 6.08. The fourth-order valence-electron chi connectivity index (χ4n) is 2.94. The van der Waals surface area contributed by atoms with Gasteiger partial charge in [0.25, 0.3) is 0 Å². The number of rotatable bonds is 2. The quantitative estimate of drug-likeness (QED) is 0.713. The molecule has 1 saturated heterocycles. The molecule has 2 aliphatic carbocycles. The minimum Gasteiger partial charge on any atom is -0.315 e. The molecular weight excluding hydrogens is 266 g/mol. The first-order valence-corrected chi connectivity index (χ1v) is 7.00. The number of hydrogen-bond donors (Lipinski definition) is 0. The molecule has 3 aliphatic rings. The summed E-state index contributed by atoms with van der Waals surface area (Å²) >= 11 is 3.44. The van der Waals surface area contributed by atoms with Crippen molar-refractivity contribution in [3.63, 3.8) is 0 Å². The average molecular weight is 282 g/mol. The predicted octanol–water partition coefficient (Wildman–Crippen LogP) is 2.85. The van der Waals surface area contributed by atoms with Gasteiger partial charge in [-0.15, -0.1) is 0 Å². The van der Waals surface area contributed by atoms with Gasteiger partial charge >= 0.3 is 0 Å². The Labute approximate surface area is 105 Å². The summed E-state index contributed by atoms with van der Waals surface area (Å²) in [5, 5.41) is 0. The van der Waals surface area contributed by atoms with Crippen molar-refractivity contribution in [3.05, 3.63) is 23.4 Å². The molecule has 0 aromatic heterocycles. The molecule has 2 nitrogen and oxygen atoms in total. The summed E-state index contributed by atoms with van der Waals surface area (Å²) in [6.45, 7) is 3.11. The van der Waals surface area contributed by atoms with E-state index in [2.05, 4.69) is 35.0 Å². The van der Waals surface area contributed by atoms with Crippen molar-refractivity contribution >= 4 is 21.8 Å². The molecule has 2 unspecified atom stereocenters. The lowest BCUT2D eigenvalue weighted by molar-refractivity contribution is -0.125. The number of likely N-dealkylation sites (tertiary alicyclic amines) is 1. The number of carbonyl (C=O) groups is 1. The van der Waals surface area contributed by atoms with Gasteiger partial charge in [-0.1, -0.05) is 34.5 Å². The lowest BCUT2D eigenvalue weighted by Gasteiger charge is -2.22. The molecule has 0 bridgehead atoms. The molecule has 0 N–H and O–H groups in total. The number of nitrogens with zero attached hydrogens (tertiary/aromatic N) is 1. The van der Waals surface area contributed by atoms with Crippen LogP contribution in [0.4, 0.5) is 0 Å². The SMILES string of the molecule is CCC1=CC=C(N2CCC(Br)C2=O)C2C[C@@H]12. The Morgan fingerprint density at radius 1 is 1.44 bits per heavy atom. The monoisotopic (exact) mass is 281 g/mol. The fraction of sp³-hybridized carbons (Fsp3) is 0.615. The van der Waals surface area contributed by atoms with E-state index >= 15 is 0 Å². The Kier molecular flexibility index (Phi) is 2.46. The van der Waals surface area contributed by atoms with Crippen LogP contribution in [0.5, 0.6) is 0 Å². The van der Waals surface area contributed by atoms with E-state index in [1.807, 2.05) is 4.90 Å². The van der Waals surface area contributed by atoms with Crippen LogP contribution in [0.15, 0.2) is 23.4 Å². The normalized spacial score (nSPS) is 37.0. The number of amides is 1. The Balaban J connectivity index is 1.84. The molecular formula is C13H16BrNO. The van der Waals surface area contributed by atoms with E-state index < -0.39 is 0 Å². The first kappa shape index (κ1) is 10.6. The van der Waals surface area contributed by atoms with Gasteiger partial charge in [0.1, 0.15) is 0 Å². The summed E-state index contributed by atoms with van der Waals surface area (Å²) < 4.78 is 0. The van der Waals surface area contributed by atoms with Gasteiger partial charge in [-0.05, 0) is 31.3 Å². The minimum absolute atomic E-state index is 0.0437. The molecule has 1 amide bonds. The number of alkyl halides is 1. The standard InChI is InChI=1S/C13H16BrNO/c1-2-8-3-4-12(10-7-9(8)10)15-6-5-11(14)13(15)16/h3-4,9-11H,2,5-7H2,1H3/t9-,10?,11?/m0/s1. The molecule has 86 valence electrons. The lowest BCUT2D eigenvalue weighted by atomic mass is 10.00. The first-order chi connectivity index (χ1) is 7.72. The highest BCUT2D eigenvalue weighted by Gasteiger charge is 2.47. The molecule has 1 heterocycles. The van der Waals surface area contributed by atoms with E-state index in [1.54, 1.807) is 5.57 Å². The average Bonchev–Trinajstić information content (AvgIpc) is 3.02. The third-order valence-corrected chi connectivity index (χ3v) is 4.82. The van der Waals surface area contributed by atoms with E-state index in [0.717, 1.165) is 25.3 Å². The fourth-order valence-corrected chi connectivity index (χ4v) is 3.39. The van der Waals surface area contributed by atoms with E-state index in [0.29, 0.717) is 5.92 Å². The molecule has 1 saturated carbocycles. The molecule has 16 heavy (non-hydrogen) atoms. The van der Waals surface area contributed by atoms with Crippen LogP contribution < -0.4 is 0 Å². The summed E-state index contributed by atoms with van der Waals surface area (Å²) in [7, 11) is 0. The number of fused-ring (bicyclic) bond motifs is 1. The van der Waals surface area contributed by atoms with E-state index in [-0.39, 0.29) is 10.7 Å². The maximum absolute atomic E-state index is 11.9. The minimum atomic E-state index is 0.0437. The Hall–Kier alpha value is -0.570. The molecule has 2 fully saturated rings. The number of halogens is 1. The highest BCUT2D eigenvalue weighted by Crippen LogP contribution is 2.53. The summed E-state index contributed by atoms with van der Waals surface area (Å²) in [5.74, 6) is 1.64. The predicted molar refractivity (Wildman–Crippen MR) is 67.1 cm³/mol. The van der Waals surface area contributed by atoms with Crippen molar-refractivity contribution in [3.8, 4) is 0 Å². The third-order valence-electron chi connectivity index (χ3n) is 3.97. The van der Waals surface area contributed by atoms with Gasteiger partial charge in [-0.2, -0.15) is 0 Å². The molecule has 0 aromatic rings. The molecule has 0 radical (unpaired) electrons. The molecule has 1 aliphatic heterocycles. The molecule has 3 rings (SSSR count). The molecule has 3 atom stereocenters. The maximum Gasteiger partial charge on any atom is 0.240 e. The summed E-state index contributed by atoms with van der Waals surface area (Å²) in [5.41, 5.74) is 2.84. The highest BCUT2D eigenvalue weighted by atomic mass is 79.9. The second-order valence-corrected chi connectivity index (χ2v) is 5.99. The number of hydrogen-bond acceptors (Lipinski definition) is 1. The van der Waals surface area contributed by atoms with Crippen LogP contribution in [0, 0.1) is 11.8 Å². The van der Waals surface area contributed by atoms with Crippen LogP contribution in [0.2, 0.25) is 0 Å². The van der Waals surface area contributed by atoms with Crippen molar-refractivity contribution in [2.45, 2.75) is 31.0 Å². The Morgan fingerprint density at radius 2 is 2.25 bits per heavy atom. The zero-order valence-electron chi connectivity index (χ0n) is 9.45. The summed E-state index contributed by atoms with van der Waals surface area (Å²) in [6, 6.07) is 0. The smallest absolute Gasteiger partial charge is 0.240 e. The van der Waals surface area contributed by atoms with Crippen molar-refractivity contribution in [1.82, 2.24) is 4.90 Å². The number of allylic oxidation sites excluding steroid dienone is 4. The highest BCUT2D eigenvalue weighted by molar-refractivity contribution is 9.10. The zero-order valence-corrected chi connectivity index (χ0v) is 11.0. The van der Waals surface area contributed by atoms with E-state index in [9.17, 15) is 4.79 Å². The van der Waals surface area contributed by atoms with E-state index in [1.165, 1.54) is 12.1 Å². The van der Waals surface area contributed by atoms with Crippen LogP contribution in [0.25, 0.3) is 0 Å².